The summed E-state index contributed by atoms with van der Waals surface area (Å²) >= 11 is 6.15. The minimum absolute atomic E-state index is 0.835. The lowest BCUT2D eigenvalue weighted by Gasteiger charge is -2.12. The Balaban J connectivity index is 1.90. The molecule has 1 fully saturated rings. The summed E-state index contributed by atoms with van der Waals surface area (Å²) in [5.74, 6) is 0. The zero-order valence-electron chi connectivity index (χ0n) is 9.17. The molecule has 0 bridgehead atoms. The number of aromatic amines is 1. The molecule has 84 valence electrons. The molecule has 1 aromatic heterocycles. The van der Waals surface area contributed by atoms with Gasteiger partial charge in [-0.3, -0.25) is 4.90 Å². The highest BCUT2D eigenvalue weighted by atomic mass is 35.5. The average molecular weight is 235 g/mol. The third-order valence-corrected chi connectivity index (χ3v) is 3.59. The number of H-pyrrole nitrogens is 1. The Kier molecular flexibility index (Phi) is 2.62. The van der Waals surface area contributed by atoms with E-state index in [1.54, 1.807) is 0 Å². The van der Waals surface area contributed by atoms with Gasteiger partial charge in [-0.25, -0.2) is 0 Å². The van der Waals surface area contributed by atoms with Gasteiger partial charge in [-0.05, 0) is 44.1 Å². The number of likely N-dealkylation sites (tertiary alicyclic amines) is 1. The van der Waals surface area contributed by atoms with Crippen LogP contribution in [0.15, 0.2) is 24.3 Å². The van der Waals surface area contributed by atoms with E-state index in [4.69, 9.17) is 11.6 Å². The Hall–Kier alpha value is -0.990. The molecular formula is C13H15ClN2. The monoisotopic (exact) mass is 234 g/mol. The molecule has 2 heterocycles. The Morgan fingerprint density at radius 3 is 2.81 bits per heavy atom. The van der Waals surface area contributed by atoms with E-state index in [2.05, 4.69) is 22.0 Å². The zero-order valence-corrected chi connectivity index (χ0v) is 9.93. The van der Waals surface area contributed by atoms with Crippen LogP contribution in [0.4, 0.5) is 0 Å². The van der Waals surface area contributed by atoms with E-state index in [-0.39, 0.29) is 0 Å². The van der Waals surface area contributed by atoms with E-state index in [0.717, 1.165) is 22.5 Å². The van der Waals surface area contributed by atoms with Gasteiger partial charge in [-0.2, -0.15) is 0 Å². The fraction of sp³-hybridized carbons (Fsp3) is 0.385. The summed E-state index contributed by atoms with van der Waals surface area (Å²) < 4.78 is 0. The average Bonchev–Trinajstić information content (AvgIpc) is 2.88. The van der Waals surface area contributed by atoms with Crippen molar-refractivity contribution in [3.63, 3.8) is 0 Å². The van der Waals surface area contributed by atoms with Gasteiger partial charge in [-0.15, -0.1) is 0 Å². The maximum absolute atomic E-state index is 6.15. The van der Waals surface area contributed by atoms with Gasteiger partial charge in [0.05, 0.1) is 0 Å². The van der Waals surface area contributed by atoms with E-state index in [1.807, 2.05) is 12.1 Å². The number of nitrogens with zero attached hydrogens (tertiary/aromatic N) is 1. The van der Waals surface area contributed by atoms with Crippen LogP contribution in [0.1, 0.15) is 18.5 Å². The van der Waals surface area contributed by atoms with Crippen LogP contribution in [0.25, 0.3) is 10.9 Å². The number of benzene rings is 1. The highest BCUT2D eigenvalue weighted by Crippen LogP contribution is 2.25. The molecule has 0 saturated carbocycles. The number of hydrogen-bond acceptors (Lipinski definition) is 1. The van der Waals surface area contributed by atoms with Crippen molar-refractivity contribution in [2.75, 3.05) is 13.1 Å². The van der Waals surface area contributed by atoms with Crippen molar-refractivity contribution in [1.82, 2.24) is 9.88 Å². The van der Waals surface area contributed by atoms with Crippen molar-refractivity contribution < 1.29 is 0 Å². The summed E-state index contributed by atoms with van der Waals surface area (Å²) in [6.45, 7) is 3.47. The van der Waals surface area contributed by atoms with E-state index in [0.29, 0.717) is 0 Å². The second-order valence-electron chi connectivity index (χ2n) is 4.48. The van der Waals surface area contributed by atoms with Gasteiger partial charge < -0.3 is 4.98 Å². The van der Waals surface area contributed by atoms with Crippen molar-refractivity contribution >= 4 is 22.5 Å². The number of hydrogen-bond donors (Lipinski definition) is 1. The van der Waals surface area contributed by atoms with Crippen LogP contribution in [0.5, 0.6) is 0 Å². The summed E-state index contributed by atoms with van der Waals surface area (Å²) in [5, 5.41) is 1.97. The predicted octanol–water partition coefficient (Wildman–Crippen LogP) is 3.42. The normalized spacial score (nSPS) is 17.3. The van der Waals surface area contributed by atoms with Crippen LogP contribution in [-0.2, 0) is 6.54 Å². The van der Waals surface area contributed by atoms with Crippen LogP contribution in [0.3, 0.4) is 0 Å². The summed E-state index contributed by atoms with van der Waals surface area (Å²) in [4.78, 5) is 5.92. The van der Waals surface area contributed by atoms with Gasteiger partial charge in [0, 0.05) is 28.2 Å². The first-order valence-corrected chi connectivity index (χ1v) is 6.19. The molecule has 0 aliphatic carbocycles. The molecule has 16 heavy (non-hydrogen) atoms. The third-order valence-electron chi connectivity index (χ3n) is 3.26. The smallest absolute Gasteiger partial charge is 0.0499 e. The summed E-state index contributed by atoms with van der Waals surface area (Å²) in [5.41, 5.74) is 2.41. The lowest BCUT2D eigenvalue weighted by atomic mass is 10.2. The Morgan fingerprint density at radius 2 is 2.06 bits per heavy atom. The van der Waals surface area contributed by atoms with E-state index < -0.39 is 0 Å². The lowest BCUT2D eigenvalue weighted by molar-refractivity contribution is 0.328. The van der Waals surface area contributed by atoms with Crippen molar-refractivity contribution in [1.29, 1.82) is 0 Å². The summed E-state index contributed by atoms with van der Waals surface area (Å²) in [6.07, 6.45) is 2.67. The number of rotatable bonds is 2. The van der Waals surface area contributed by atoms with Crippen LogP contribution in [-0.4, -0.2) is 23.0 Å². The fourth-order valence-corrected chi connectivity index (χ4v) is 2.67. The van der Waals surface area contributed by atoms with Gasteiger partial charge in [0.25, 0.3) is 0 Å². The minimum Gasteiger partial charge on any atom is -0.357 e. The Bertz CT molecular complexity index is 498. The molecule has 3 heteroatoms. The molecule has 0 amide bonds. The SMILES string of the molecule is Clc1cccc2[nH]c(CN3CCCC3)cc12. The van der Waals surface area contributed by atoms with Gasteiger partial charge in [0.1, 0.15) is 0 Å². The van der Waals surface area contributed by atoms with Crippen molar-refractivity contribution in [3.8, 4) is 0 Å². The van der Waals surface area contributed by atoms with Gasteiger partial charge in [0.2, 0.25) is 0 Å². The van der Waals surface area contributed by atoms with Crippen LogP contribution in [0, 0.1) is 0 Å². The summed E-state index contributed by atoms with van der Waals surface area (Å²) in [6, 6.07) is 8.18. The molecule has 2 aromatic rings. The second kappa shape index (κ2) is 4.11. The molecule has 0 unspecified atom stereocenters. The highest BCUT2D eigenvalue weighted by molar-refractivity contribution is 6.35. The molecule has 3 rings (SSSR count). The molecule has 1 aromatic carbocycles. The number of nitrogens with one attached hydrogen (secondary N) is 1. The van der Waals surface area contributed by atoms with E-state index in [1.165, 1.54) is 31.6 Å². The topological polar surface area (TPSA) is 19.0 Å². The van der Waals surface area contributed by atoms with E-state index >= 15 is 0 Å². The van der Waals surface area contributed by atoms with Crippen molar-refractivity contribution in [2.45, 2.75) is 19.4 Å². The molecular weight excluding hydrogens is 220 g/mol. The number of fused-ring (bicyclic) bond motifs is 1. The lowest BCUT2D eigenvalue weighted by Crippen LogP contribution is -2.18. The summed E-state index contributed by atoms with van der Waals surface area (Å²) in [7, 11) is 0. The molecule has 0 spiro atoms. The molecule has 1 aliphatic rings. The van der Waals surface area contributed by atoms with Crippen LogP contribution < -0.4 is 0 Å². The van der Waals surface area contributed by atoms with Crippen LogP contribution >= 0.6 is 11.6 Å². The Morgan fingerprint density at radius 1 is 1.25 bits per heavy atom. The highest BCUT2D eigenvalue weighted by Gasteiger charge is 2.13. The van der Waals surface area contributed by atoms with Crippen molar-refractivity contribution in [3.05, 3.63) is 35.0 Å². The van der Waals surface area contributed by atoms with Gasteiger partial charge in [-0.1, -0.05) is 17.7 Å². The van der Waals surface area contributed by atoms with Gasteiger partial charge in [0.15, 0.2) is 0 Å². The molecule has 2 nitrogen and oxygen atoms in total. The standard InChI is InChI=1S/C13H15ClN2/c14-12-4-3-5-13-11(12)8-10(15-13)9-16-6-1-2-7-16/h3-5,8,15H,1-2,6-7,9H2. The minimum atomic E-state index is 0.835. The molecule has 1 saturated heterocycles. The quantitative estimate of drug-likeness (QED) is 0.844. The predicted molar refractivity (Wildman–Crippen MR) is 67.8 cm³/mol. The second-order valence-corrected chi connectivity index (χ2v) is 4.89. The molecule has 1 N–H and O–H groups in total. The first kappa shape index (κ1) is 10.2. The molecule has 0 atom stereocenters. The van der Waals surface area contributed by atoms with Crippen molar-refractivity contribution in [2.24, 2.45) is 0 Å². The van der Waals surface area contributed by atoms with E-state index in [9.17, 15) is 0 Å². The first-order chi connectivity index (χ1) is 7.83. The number of halogens is 1. The maximum atomic E-state index is 6.15. The number of aromatic nitrogens is 1. The molecule has 0 radical (unpaired) electrons. The van der Waals surface area contributed by atoms with Gasteiger partial charge >= 0.3 is 0 Å². The largest absolute Gasteiger partial charge is 0.357 e. The molecule has 1 aliphatic heterocycles. The van der Waals surface area contributed by atoms with Crippen LogP contribution in [0.2, 0.25) is 5.02 Å². The zero-order chi connectivity index (χ0) is 11.0. The maximum Gasteiger partial charge on any atom is 0.0499 e. The fourth-order valence-electron chi connectivity index (χ4n) is 2.44. The third kappa shape index (κ3) is 1.83. The first-order valence-electron chi connectivity index (χ1n) is 5.81. The Labute approximate surface area is 100 Å².